The van der Waals surface area contributed by atoms with Crippen LogP contribution in [0.1, 0.15) is 11.1 Å². The fourth-order valence-electron chi connectivity index (χ4n) is 1.70. The van der Waals surface area contributed by atoms with E-state index in [0.717, 1.165) is 6.07 Å². The van der Waals surface area contributed by atoms with E-state index in [0.29, 0.717) is 11.3 Å². The first kappa shape index (κ1) is 14.0. The molecule has 20 heavy (non-hydrogen) atoms. The number of aryl methyl sites for hydroxylation is 1. The van der Waals surface area contributed by atoms with E-state index < -0.39 is 16.4 Å². The van der Waals surface area contributed by atoms with Crippen molar-refractivity contribution < 1.29 is 19.2 Å². The summed E-state index contributed by atoms with van der Waals surface area (Å²) < 4.78 is 18.8. The molecule has 0 saturated heterocycles. The molecule has 0 fully saturated rings. The van der Waals surface area contributed by atoms with Crippen molar-refractivity contribution >= 4 is 5.69 Å². The number of hydrogen-bond acceptors (Lipinski definition) is 4. The third-order valence-electron chi connectivity index (χ3n) is 2.75. The van der Waals surface area contributed by atoms with Gasteiger partial charge in [-0.15, -0.1) is 0 Å². The summed E-state index contributed by atoms with van der Waals surface area (Å²) in [6, 6.07) is 8.62. The Bertz CT molecular complexity index is 658. The molecule has 0 aromatic heterocycles. The van der Waals surface area contributed by atoms with Gasteiger partial charge in [0.05, 0.1) is 17.6 Å². The fraction of sp³-hybridized carbons (Fsp3) is 0.143. The SMILES string of the molecule is Cc1cc(Oc2cccc(CO)c2)c([N+](=O)[O-])cc1F. The fourth-order valence-corrected chi connectivity index (χ4v) is 1.70. The highest BCUT2D eigenvalue weighted by molar-refractivity contribution is 5.51. The highest BCUT2D eigenvalue weighted by atomic mass is 19.1. The van der Waals surface area contributed by atoms with E-state index in [2.05, 4.69) is 0 Å². The first-order valence-electron chi connectivity index (χ1n) is 5.83. The molecular weight excluding hydrogens is 265 g/mol. The zero-order valence-electron chi connectivity index (χ0n) is 10.7. The van der Waals surface area contributed by atoms with Crippen LogP contribution < -0.4 is 4.74 Å². The van der Waals surface area contributed by atoms with E-state index >= 15 is 0 Å². The van der Waals surface area contributed by atoms with Crippen LogP contribution >= 0.6 is 0 Å². The van der Waals surface area contributed by atoms with E-state index in [-0.39, 0.29) is 17.9 Å². The molecule has 0 aliphatic carbocycles. The second kappa shape index (κ2) is 5.66. The number of nitro benzene ring substituents is 1. The first-order valence-corrected chi connectivity index (χ1v) is 5.83. The minimum Gasteiger partial charge on any atom is -0.450 e. The summed E-state index contributed by atoms with van der Waals surface area (Å²) in [5, 5.41) is 20.0. The molecule has 0 aliphatic heterocycles. The molecular formula is C14H12FNO4. The Kier molecular flexibility index (Phi) is 3.95. The van der Waals surface area contributed by atoms with Crippen LogP contribution in [0.5, 0.6) is 11.5 Å². The molecule has 0 spiro atoms. The van der Waals surface area contributed by atoms with Crippen molar-refractivity contribution in [2.75, 3.05) is 0 Å². The molecule has 2 aromatic rings. The molecule has 0 radical (unpaired) electrons. The maximum Gasteiger partial charge on any atom is 0.314 e. The van der Waals surface area contributed by atoms with E-state index in [4.69, 9.17) is 9.84 Å². The van der Waals surface area contributed by atoms with Crippen LogP contribution in [0.25, 0.3) is 0 Å². The first-order chi connectivity index (χ1) is 9.51. The van der Waals surface area contributed by atoms with E-state index in [9.17, 15) is 14.5 Å². The summed E-state index contributed by atoms with van der Waals surface area (Å²) in [6.45, 7) is 1.33. The van der Waals surface area contributed by atoms with Gasteiger partial charge in [-0.3, -0.25) is 10.1 Å². The molecule has 2 aromatic carbocycles. The number of ether oxygens (including phenoxy) is 1. The van der Waals surface area contributed by atoms with Gasteiger partial charge in [0.25, 0.3) is 0 Å². The van der Waals surface area contributed by atoms with Gasteiger partial charge in [-0.05, 0) is 36.2 Å². The van der Waals surface area contributed by atoms with Crippen molar-refractivity contribution in [1.82, 2.24) is 0 Å². The van der Waals surface area contributed by atoms with Crippen LogP contribution in [0.2, 0.25) is 0 Å². The number of nitro groups is 1. The number of nitrogens with zero attached hydrogens (tertiary/aromatic N) is 1. The summed E-state index contributed by atoms with van der Waals surface area (Å²) >= 11 is 0. The minimum atomic E-state index is -0.701. The number of benzene rings is 2. The molecule has 6 heteroatoms. The molecule has 5 nitrogen and oxygen atoms in total. The molecule has 0 atom stereocenters. The zero-order valence-corrected chi connectivity index (χ0v) is 10.7. The highest BCUT2D eigenvalue weighted by Gasteiger charge is 2.19. The molecule has 2 rings (SSSR count). The van der Waals surface area contributed by atoms with Crippen molar-refractivity contribution in [2.24, 2.45) is 0 Å². The van der Waals surface area contributed by atoms with Gasteiger partial charge in [0.2, 0.25) is 5.75 Å². The van der Waals surface area contributed by atoms with Crippen molar-refractivity contribution in [3.8, 4) is 11.5 Å². The normalized spacial score (nSPS) is 10.3. The quantitative estimate of drug-likeness (QED) is 0.687. The van der Waals surface area contributed by atoms with Gasteiger partial charge in [-0.1, -0.05) is 12.1 Å². The van der Waals surface area contributed by atoms with E-state index in [1.54, 1.807) is 24.3 Å². The molecule has 0 aliphatic rings. The van der Waals surface area contributed by atoms with Crippen LogP contribution in [-0.4, -0.2) is 10.0 Å². The lowest BCUT2D eigenvalue weighted by Gasteiger charge is -2.08. The number of rotatable bonds is 4. The Morgan fingerprint density at radius 1 is 1.35 bits per heavy atom. The van der Waals surface area contributed by atoms with Gasteiger partial charge in [0.15, 0.2) is 0 Å². The van der Waals surface area contributed by atoms with Crippen LogP contribution in [0.4, 0.5) is 10.1 Å². The number of hydrogen-bond donors (Lipinski definition) is 1. The summed E-state index contributed by atoms with van der Waals surface area (Å²) in [4.78, 5) is 10.2. The number of halogens is 1. The maximum absolute atomic E-state index is 13.4. The van der Waals surface area contributed by atoms with Crippen molar-refractivity contribution in [3.63, 3.8) is 0 Å². The molecule has 104 valence electrons. The van der Waals surface area contributed by atoms with Gasteiger partial charge in [0.1, 0.15) is 11.6 Å². The maximum atomic E-state index is 13.4. The Labute approximate surface area is 114 Å². The lowest BCUT2D eigenvalue weighted by Crippen LogP contribution is -1.96. The number of aliphatic hydroxyl groups excluding tert-OH is 1. The van der Waals surface area contributed by atoms with Crippen molar-refractivity contribution in [1.29, 1.82) is 0 Å². The summed E-state index contributed by atoms with van der Waals surface area (Å²) in [7, 11) is 0. The Balaban J connectivity index is 2.41. The summed E-state index contributed by atoms with van der Waals surface area (Å²) in [5.41, 5.74) is 0.426. The van der Waals surface area contributed by atoms with E-state index in [1.807, 2.05) is 0 Å². The van der Waals surface area contributed by atoms with Gasteiger partial charge in [0, 0.05) is 0 Å². The Morgan fingerprint density at radius 3 is 2.75 bits per heavy atom. The topological polar surface area (TPSA) is 72.6 Å². The number of aliphatic hydroxyl groups is 1. The largest absolute Gasteiger partial charge is 0.450 e. The second-order valence-corrected chi connectivity index (χ2v) is 4.23. The minimum absolute atomic E-state index is 0.0380. The molecule has 0 amide bonds. The zero-order chi connectivity index (χ0) is 14.7. The standard InChI is InChI=1S/C14H12FNO4/c1-9-5-14(13(16(18)19)7-12(9)15)20-11-4-2-3-10(6-11)8-17/h2-7,17H,8H2,1H3. The van der Waals surface area contributed by atoms with Gasteiger partial charge < -0.3 is 9.84 Å². The lowest BCUT2D eigenvalue weighted by atomic mass is 10.2. The summed E-state index contributed by atoms with van der Waals surface area (Å²) in [6.07, 6.45) is 0. The summed E-state index contributed by atoms with van der Waals surface area (Å²) in [5.74, 6) is -0.359. The third-order valence-corrected chi connectivity index (χ3v) is 2.75. The van der Waals surface area contributed by atoms with Gasteiger partial charge in [-0.25, -0.2) is 4.39 Å². The average molecular weight is 277 g/mol. The predicted molar refractivity (Wildman–Crippen MR) is 70.2 cm³/mol. The van der Waals surface area contributed by atoms with Gasteiger partial charge >= 0.3 is 5.69 Å². The second-order valence-electron chi connectivity index (χ2n) is 4.23. The van der Waals surface area contributed by atoms with Crippen LogP contribution in [0.15, 0.2) is 36.4 Å². The predicted octanol–water partition coefficient (Wildman–Crippen LogP) is 3.33. The van der Waals surface area contributed by atoms with Gasteiger partial charge in [-0.2, -0.15) is 0 Å². The Morgan fingerprint density at radius 2 is 2.10 bits per heavy atom. The molecule has 0 heterocycles. The smallest absolute Gasteiger partial charge is 0.314 e. The Hall–Kier alpha value is -2.47. The molecule has 0 bridgehead atoms. The lowest BCUT2D eigenvalue weighted by molar-refractivity contribution is -0.385. The molecule has 0 unspecified atom stereocenters. The molecule has 0 saturated carbocycles. The monoisotopic (exact) mass is 277 g/mol. The van der Waals surface area contributed by atoms with E-state index in [1.165, 1.54) is 13.0 Å². The molecule has 1 N–H and O–H groups in total. The average Bonchev–Trinajstić information content (AvgIpc) is 2.42. The van der Waals surface area contributed by atoms with Crippen LogP contribution in [0.3, 0.4) is 0 Å². The van der Waals surface area contributed by atoms with Crippen LogP contribution in [-0.2, 0) is 6.61 Å². The van der Waals surface area contributed by atoms with Crippen molar-refractivity contribution in [2.45, 2.75) is 13.5 Å². The highest BCUT2D eigenvalue weighted by Crippen LogP contribution is 2.33. The van der Waals surface area contributed by atoms with Crippen molar-refractivity contribution in [3.05, 3.63) is 63.5 Å². The van der Waals surface area contributed by atoms with Crippen LogP contribution in [0, 0.1) is 22.9 Å². The third kappa shape index (κ3) is 2.92.